The predicted molar refractivity (Wildman–Crippen MR) is 88.8 cm³/mol. The fourth-order valence-electron chi connectivity index (χ4n) is 2.48. The normalized spacial score (nSPS) is 10.9. The van der Waals surface area contributed by atoms with E-state index in [1.54, 1.807) is 11.5 Å². The van der Waals surface area contributed by atoms with Crippen molar-refractivity contribution >= 4 is 16.9 Å². The Labute approximate surface area is 132 Å². The van der Waals surface area contributed by atoms with Crippen LogP contribution in [0.3, 0.4) is 0 Å². The highest BCUT2D eigenvalue weighted by Crippen LogP contribution is 2.10. The molecule has 2 heterocycles. The van der Waals surface area contributed by atoms with Gasteiger partial charge in [-0.3, -0.25) is 19.1 Å². The van der Waals surface area contributed by atoms with Gasteiger partial charge in [-0.2, -0.15) is 0 Å². The number of aromatic nitrogens is 4. The molecule has 3 rings (SSSR count). The Morgan fingerprint density at radius 3 is 2.87 bits per heavy atom. The summed E-state index contributed by atoms with van der Waals surface area (Å²) < 4.78 is 1.55. The molecule has 0 amide bonds. The smallest absolute Gasteiger partial charge is 0.261 e. The molecule has 0 aliphatic rings. The van der Waals surface area contributed by atoms with Gasteiger partial charge in [0.2, 0.25) is 5.95 Å². The zero-order valence-corrected chi connectivity index (χ0v) is 13.0. The Morgan fingerprint density at radius 2 is 2.09 bits per heavy atom. The summed E-state index contributed by atoms with van der Waals surface area (Å²) in [5.41, 5.74) is 1.97. The third kappa shape index (κ3) is 3.13. The van der Waals surface area contributed by atoms with E-state index in [1.165, 1.54) is 12.4 Å². The number of rotatable bonds is 4. The van der Waals surface area contributed by atoms with Crippen LogP contribution in [0.15, 0.2) is 40.2 Å². The molecule has 3 aromatic rings. The number of aromatic amines is 1. The first kappa shape index (κ1) is 15.0. The molecule has 118 valence electrons. The molecule has 0 spiro atoms. The van der Waals surface area contributed by atoms with Crippen molar-refractivity contribution in [1.29, 1.82) is 0 Å². The van der Waals surface area contributed by atoms with Crippen LogP contribution in [0.1, 0.15) is 11.3 Å². The highest BCUT2D eigenvalue weighted by molar-refractivity contribution is 5.80. The number of H-pyrrole nitrogens is 1. The first-order valence-electron chi connectivity index (χ1n) is 7.31. The molecule has 0 unspecified atom stereocenters. The van der Waals surface area contributed by atoms with Crippen LogP contribution in [0.5, 0.6) is 0 Å². The average Bonchev–Trinajstić information content (AvgIpc) is 2.48. The Balaban J connectivity index is 1.80. The zero-order valence-electron chi connectivity index (χ0n) is 13.0. The molecule has 2 aromatic heterocycles. The highest BCUT2D eigenvalue weighted by atomic mass is 16.1. The van der Waals surface area contributed by atoms with Gasteiger partial charge in [-0.05, 0) is 25.5 Å². The molecular formula is C16H17N5O2. The number of aryl methyl sites for hydroxylation is 2. The van der Waals surface area contributed by atoms with Crippen molar-refractivity contribution in [1.82, 2.24) is 19.5 Å². The standard InChI is InChI=1S/C16H17N5O2/c1-10-4-3-5-12-14(10)15(23)21(9-18-12)7-6-17-16-19-11(2)8-13(22)20-16/h3-5,8-9H,6-7H2,1-2H3,(H2,17,19,20,22). The number of hydrogen-bond acceptors (Lipinski definition) is 5. The monoisotopic (exact) mass is 311 g/mol. The quantitative estimate of drug-likeness (QED) is 0.755. The van der Waals surface area contributed by atoms with Gasteiger partial charge in [-0.15, -0.1) is 0 Å². The highest BCUT2D eigenvalue weighted by Gasteiger charge is 2.06. The van der Waals surface area contributed by atoms with Crippen molar-refractivity contribution in [3.8, 4) is 0 Å². The summed E-state index contributed by atoms with van der Waals surface area (Å²) in [6.45, 7) is 4.52. The summed E-state index contributed by atoms with van der Waals surface area (Å²) in [5.74, 6) is 0.396. The second-order valence-corrected chi connectivity index (χ2v) is 5.37. The summed E-state index contributed by atoms with van der Waals surface area (Å²) in [4.78, 5) is 35.0. The van der Waals surface area contributed by atoms with Crippen LogP contribution in [0.25, 0.3) is 10.9 Å². The maximum atomic E-state index is 12.5. The summed E-state index contributed by atoms with van der Waals surface area (Å²) in [6.07, 6.45) is 1.54. The van der Waals surface area contributed by atoms with E-state index in [2.05, 4.69) is 20.3 Å². The minimum atomic E-state index is -0.208. The van der Waals surface area contributed by atoms with Gasteiger partial charge in [-0.25, -0.2) is 9.97 Å². The number of anilines is 1. The van der Waals surface area contributed by atoms with Crippen LogP contribution >= 0.6 is 0 Å². The van der Waals surface area contributed by atoms with E-state index in [-0.39, 0.29) is 11.1 Å². The minimum Gasteiger partial charge on any atom is -0.354 e. The van der Waals surface area contributed by atoms with E-state index in [4.69, 9.17) is 0 Å². The molecule has 2 N–H and O–H groups in total. The van der Waals surface area contributed by atoms with E-state index >= 15 is 0 Å². The molecule has 0 fully saturated rings. The third-order valence-corrected chi connectivity index (χ3v) is 3.58. The lowest BCUT2D eigenvalue weighted by molar-refractivity contribution is 0.686. The first-order chi connectivity index (χ1) is 11.0. The molecule has 1 aromatic carbocycles. The zero-order chi connectivity index (χ0) is 16.4. The van der Waals surface area contributed by atoms with Gasteiger partial charge in [0, 0.05) is 24.8 Å². The number of nitrogens with one attached hydrogen (secondary N) is 2. The molecule has 7 nitrogen and oxygen atoms in total. The van der Waals surface area contributed by atoms with Crippen LogP contribution in [0.2, 0.25) is 0 Å². The maximum Gasteiger partial charge on any atom is 0.261 e. The first-order valence-corrected chi connectivity index (χ1v) is 7.31. The molecule has 0 saturated carbocycles. The maximum absolute atomic E-state index is 12.5. The molecule has 0 aliphatic heterocycles. The van der Waals surface area contributed by atoms with Crippen LogP contribution in [-0.4, -0.2) is 26.1 Å². The molecule has 23 heavy (non-hydrogen) atoms. The lowest BCUT2D eigenvalue weighted by Gasteiger charge is -2.09. The van der Waals surface area contributed by atoms with Crippen LogP contribution in [0, 0.1) is 13.8 Å². The Hall–Kier alpha value is -2.96. The van der Waals surface area contributed by atoms with Gasteiger partial charge < -0.3 is 5.32 Å². The van der Waals surface area contributed by atoms with Crippen molar-refractivity contribution in [2.24, 2.45) is 0 Å². The van der Waals surface area contributed by atoms with Crippen LogP contribution in [0.4, 0.5) is 5.95 Å². The fraction of sp³-hybridized carbons (Fsp3) is 0.250. The molecule has 0 radical (unpaired) electrons. The Morgan fingerprint density at radius 1 is 1.26 bits per heavy atom. The van der Waals surface area contributed by atoms with Crippen molar-refractivity contribution < 1.29 is 0 Å². The average molecular weight is 311 g/mol. The minimum absolute atomic E-state index is 0.0689. The summed E-state index contributed by atoms with van der Waals surface area (Å²) in [7, 11) is 0. The second kappa shape index (κ2) is 6.04. The fourth-order valence-corrected chi connectivity index (χ4v) is 2.48. The van der Waals surface area contributed by atoms with Gasteiger partial charge in [0.25, 0.3) is 11.1 Å². The molecular weight excluding hydrogens is 294 g/mol. The Bertz CT molecular complexity index is 974. The number of hydrogen-bond donors (Lipinski definition) is 2. The second-order valence-electron chi connectivity index (χ2n) is 5.37. The number of nitrogens with zero attached hydrogens (tertiary/aromatic N) is 3. The largest absolute Gasteiger partial charge is 0.354 e. The van der Waals surface area contributed by atoms with Gasteiger partial charge in [0.15, 0.2) is 0 Å². The van der Waals surface area contributed by atoms with E-state index in [1.807, 2.05) is 25.1 Å². The van der Waals surface area contributed by atoms with E-state index in [0.29, 0.717) is 35.6 Å². The van der Waals surface area contributed by atoms with Gasteiger partial charge >= 0.3 is 0 Å². The molecule has 0 bridgehead atoms. The van der Waals surface area contributed by atoms with Crippen molar-refractivity contribution in [3.05, 3.63) is 62.6 Å². The lowest BCUT2D eigenvalue weighted by Crippen LogP contribution is -2.25. The van der Waals surface area contributed by atoms with Crippen molar-refractivity contribution in [3.63, 3.8) is 0 Å². The van der Waals surface area contributed by atoms with Crippen LogP contribution in [-0.2, 0) is 6.54 Å². The third-order valence-electron chi connectivity index (χ3n) is 3.58. The number of fused-ring (bicyclic) bond motifs is 1. The van der Waals surface area contributed by atoms with Gasteiger partial charge in [0.05, 0.1) is 17.2 Å². The van der Waals surface area contributed by atoms with Gasteiger partial charge in [-0.1, -0.05) is 12.1 Å². The van der Waals surface area contributed by atoms with Crippen LogP contribution < -0.4 is 16.4 Å². The SMILES string of the molecule is Cc1cc(=O)[nH]c(NCCn2cnc3cccc(C)c3c2=O)n1. The van der Waals surface area contributed by atoms with Crippen molar-refractivity contribution in [2.45, 2.75) is 20.4 Å². The molecule has 0 saturated heterocycles. The summed E-state index contributed by atoms with van der Waals surface area (Å²) >= 11 is 0. The van der Waals surface area contributed by atoms with E-state index in [0.717, 1.165) is 5.56 Å². The van der Waals surface area contributed by atoms with Crippen molar-refractivity contribution in [2.75, 3.05) is 11.9 Å². The lowest BCUT2D eigenvalue weighted by atomic mass is 10.1. The molecule has 0 aliphatic carbocycles. The Kier molecular flexibility index (Phi) is 3.92. The molecule has 7 heteroatoms. The van der Waals surface area contributed by atoms with E-state index in [9.17, 15) is 9.59 Å². The summed E-state index contributed by atoms with van der Waals surface area (Å²) in [6, 6.07) is 7.03. The molecule has 0 atom stereocenters. The predicted octanol–water partition coefficient (Wildman–Crippen LogP) is 1.21. The van der Waals surface area contributed by atoms with E-state index < -0.39 is 0 Å². The summed E-state index contributed by atoms with van der Waals surface area (Å²) in [5, 5.41) is 3.65. The van der Waals surface area contributed by atoms with Gasteiger partial charge in [0.1, 0.15) is 0 Å². The topological polar surface area (TPSA) is 92.7 Å². The number of benzene rings is 1.